The van der Waals surface area contributed by atoms with Gasteiger partial charge in [0, 0.05) is 0 Å². The number of aryl methyl sites for hydroxylation is 1. The lowest BCUT2D eigenvalue weighted by molar-refractivity contribution is 0.0929. The summed E-state index contributed by atoms with van der Waals surface area (Å²) in [6.45, 7) is 5.23. The Morgan fingerprint density at radius 2 is 2.00 bits per heavy atom. The zero-order valence-electron chi connectivity index (χ0n) is 11.6. The summed E-state index contributed by atoms with van der Waals surface area (Å²) in [6.07, 6.45) is 0. The number of rotatable bonds is 6. The lowest BCUT2D eigenvalue weighted by Crippen LogP contribution is -2.47. The average molecular weight is 288 g/mol. The van der Waals surface area contributed by atoms with Crippen LogP contribution in [0.2, 0.25) is 0 Å². The van der Waals surface area contributed by atoms with E-state index in [9.17, 15) is 8.42 Å². The van der Waals surface area contributed by atoms with Crippen molar-refractivity contribution in [1.82, 2.24) is 4.72 Å². The molecule has 7 heteroatoms. The van der Waals surface area contributed by atoms with E-state index in [1.165, 1.54) is 7.11 Å². The first-order chi connectivity index (χ1) is 8.72. The molecule has 0 radical (unpaired) electrons. The number of benzene rings is 1. The third-order valence-corrected chi connectivity index (χ3v) is 4.18. The summed E-state index contributed by atoms with van der Waals surface area (Å²) in [7, 11) is -2.29. The molecule has 0 saturated carbocycles. The molecule has 1 aromatic carbocycles. The van der Waals surface area contributed by atoms with Crippen LogP contribution in [0.15, 0.2) is 23.1 Å². The molecule has 0 amide bonds. The van der Waals surface area contributed by atoms with Gasteiger partial charge < -0.3 is 9.57 Å². The number of hydrogen-bond donors (Lipinski definition) is 2. The Morgan fingerprint density at radius 3 is 2.53 bits per heavy atom. The molecule has 0 heterocycles. The van der Waals surface area contributed by atoms with E-state index in [-0.39, 0.29) is 11.5 Å². The predicted octanol–water partition coefficient (Wildman–Crippen LogP) is 0.951. The highest BCUT2D eigenvalue weighted by Crippen LogP contribution is 2.25. The van der Waals surface area contributed by atoms with Gasteiger partial charge in [0.2, 0.25) is 10.0 Å². The molecular weight excluding hydrogens is 268 g/mol. The Kier molecular flexibility index (Phi) is 4.92. The summed E-state index contributed by atoms with van der Waals surface area (Å²) in [5.74, 6) is 5.29. The van der Waals surface area contributed by atoms with E-state index in [4.69, 9.17) is 10.6 Å². The molecule has 1 aromatic rings. The first-order valence-corrected chi connectivity index (χ1v) is 7.20. The van der Waals surface area contributed by atoms with Crippen molar-refractivity contribution in [1.29, 1.82) is 0 Å². The highest BCUT2D eigenvalue weighted by Gasteiger charge is 2.28. The molecule has 0 aliphatic rings. The minimum absolute atomic E-state index is 0.0559. The summed E-state index contributed by atoms with van der Waals surface area (Å²) in [5, 5.41) is 0. The monoisotopic (exact) mass is 288 g/mol. The van der Waals surface area contributed by atoms with Crippen LogP contribution in [0, 0.1) is 6.92 Å². The van der Waals surface area contributed by atoms with Gasteiger partial charge in [-0.2, -0.15) is 0 Å². The molecule has 0 aliphatic heterocycles. The van der Waals surface area contributed by atoms with Crippen LogP contribution in [0.4, 0.5) is 0 Å². The summed E-state index contributed by atoms with van der Waals surface area (Å²) in [6, 6.07) is 4.96. The van der Waals surface area contributed by atoms with Crippen LogP contribution in [0.5, 0.6) is 5.75 Å². The second-order valence-corrected chi connectivity index (χ2v) is 6.61. The fourth-order valence-corrected chi connectivity index (χ4v) is 3.30. The van der Waals surface area contributed by atoms with Gasteiger partial charge in [-0.3, -0.25) is 0 Å². The van der Waals surface area contributed by atoms with Gasteiger partial charge >= 0.3 is 0 Å². The van der Waals surface area contributed by atoms with Crippen LogP contribution >= 0.6 is 0 Å². The third kappa shape index (κ3) is 4.17. The highest BCUT2D eigenvalue weighted by atomic mass is 32.2. The SMILES string of the molecule is COc1ccc(C)cc1S(=O)(=O)NC(C)(C)CON. The van der Waals surface area contributed by atoms with Gasteiger partial charge in [0.1, 0.15) is 10.6 Å². The van der Waals surface area contributed by atoms with Crippen molar-refractivity contribution in [3.63, 3.8) is 0 Å². The number of hydrogen-bond acceptors (Lipinski definition) is 5. The van der Waals surface area contributed by atoms with Crippen molar-refractivity contribution in [2.45, 2.75) is 31.2 Å². The molecule has 6 nitrogen and oxygen atoms in total. The van der Waals surface area contributed by atoms with Gasteiger partial charge in [-0.25, -0.2) is 19.0 Å². The van der Waals surface area contributed by atoms with Gasteiger partial charge in [-0.15, -0.1) is 0 Å². The molecule has 0 bridgehead atoms. The highest BCUT2D eigenvalue weighted by molar-refractivity contribution is 7.89. The maximum Gasteiger partial charge on any atom is 0.244 e. The van der Waals surface area contributed by atoms with Crippen LogP contribution in [-0.2, 0) is 14.9 Å². The molecular formula is C12H20N2O4S. The third-order valence-electron chi connectivity index (χ3n) is 2.46. The fourth-order valence-electron chi connectivity index (χ4n) is 1.65. The van der Waals surface area contributed by atoms with E-state index in [1.54, 1.807) is 32.0 Å². The zero-order chi connectivity index (χ0) is 14.7. The van der Waals surface area contributed by atoms with E-state index in [2.05, 4.69) is 9.56 Å². The van der Waals surface area contributed by atoms with E-state index in [0.717, 1.165) is 5.56 Å². The molecule has 0 unspecified atom stereocenters. The molecule has 3 N–H and O–H groups in total. The van der Waals surface area contributed by atoms with Crippen molar-refractivity contribution in [3.8, 4) is 5.75 Å². The maximum atomic E-state index is 12.4. The lowest BCUT2D eigenvalue weighted by atomic mass is 10.1. The number of nitrogens with one attached hydrogen (secondary N) is 1. The molecule has 0 aromatic heterocycles. The normalized spacial score (nSPS) is 12.5. The molecule has 0 spiro atoms. The van der Waals surface area contributed by atoms with Crippen LogP contribution < -0.4 is 15.4 Å². The molecule has 0 atom stereocenters. The van der Waals surface area contributed by atoms with Gasteiger partial charge in [0.05, 0.1) is 19.3 Å². The summed E-state index contributed by atoms with van der Waals surface area (Å²) < 4.78 is 32.4. The van der Waals surface area contributed by atoms with Crippen molar-refractivity contribution in [3.05, 3.63) is 23.8 Å². The summed E-state index contributed by atoms with van der Waals surface area (Å²) in [4.78, 5) is 4.61. The fraction of sp³-hybridized carbons (Fsp3) is 0.500. The van der Waals surface area contributed by atoms with E-state index < -0.39 is 15.6 Å². The van der Waals surface area contributed by atoms with Crippen LogP contribution in [0.1, 0.15) is 19.4 Å². The Morgan fingerprint density at radius 1 is 1.37 bits per heavy atom. The minimum atomic E-state index is -3.72. The predicted molar refractivity (Wildman–Crippen MR) is 72.3 cm³/mol. The number of sulfonamides is 1. The summed E-state index contributed by atoms with van der Waals surface area (Å²) >= 11 is 0. The lowest BCUT2D eigenvalue weighted by Gasteiger charge is -2.25. The van der Waals surface area contributed by atoms with E-state index in [1.807, 2.05) is 6.92 Å². The first-order valence-electron chi connectivity index (χ1n) is 5.72. The maximum absolute atomic E-state index is 12.4. The second kappa shape index (κ2) is 5.87. The smallest absolute Gasteiger partial charge is 0.244 e. The first kappa shape index (κ1) is 15.9. The molecule has 108 valence electrons. The zero-order valence-corrected chi connectivity index (χ0v) is 12.4. The van der Waals surface area contributed by atoms with Gasteiger partial charge in [-0.1, -0.05) is 6.07 Å². The Bertz CT molecular complexity index is 541. The topological polar surface area (TPSA) is 90.7 Å². The molecule has 19 heavy (non-hydrogen) atoms. The van der Waals surface area contributed by atoms with Crippen LogP contribution in [-0.4, -0.2) is 27.7 Å². The standard InChI is InChI=1S/C12H20N2O4S/c1-9-5-6-10(17-4)11(7-9)19(15,16)14-12(2,3)8-18-13/h5-7,14H,8,13H2,1-4H3. The van der Waals surface area contributed by atoms with Crippen LogP contribution in [0.3, 0.4) is 0 Å². The van der Waals surface area contributed by atoms with Crippen molar-refractivity contribution in [2.75, 3.05) is 13.7 Å². The Labute approximate surface area is 113 Å². The molecule has 0 fully saturated rings. The molecule has 0 saturated heterocycles. The van der Waals surface area contributed by atoms with E-state index in [0.29, 0.717) is 5.75 Å². The van der Waals surface area contributed by atoms with E-state index >= 15 is 0 Å². The second-order valence-electron chi connectivity index (χ2n) is 4.95. The van der Waals surface area contributed by atoms with Crippen LogP contribution in [0.25, 0.3) is 0 Å². The minimum Gasteiger partial charge on any atom is -0.495 e. The number of nitrogens with two attached hydrogens (primary N) is 1. The van der Waals surface area contributed by atoms with Gasteiger partial charge in [-0.05, 0) is 38.5 Å². The summed E-state index contributed by atoms with van der Waals surface area (Å²) in [5.41, 5.74) is 0.0107. The molecule has 1 rings (SSSR count). The molecule has 0 aliphatic carbocycles. The van der Waals surface area contributed by atoms with Crippen molar-refractivity contribution < 1.29 is 18.0 Å². The van der Waals surface area contributed by atoms with Gasteiger partial charge in [0.25, 0.3) is 0 Å². The largest absolute Gasteiger partial charge is 0.495 e. The number of methoxy groups -OCH3 is 1. The average Bonchev–Trinajstić information content (AvgIpc) is 2.27. The Hall–Kier alpha value is -1.15. The van der Waals surface area contributed by atoms with Crippen molar-refractivity contribution >= 4 is 10.0 Å². The van der Waals surface area contributed by atoms with Gasteiger partial charge in [0.15, 0.2) is 0 Å². The number of ether oxygens (including phenoxy) is 1. The Balaban J connectivity index is 3.17. The van der Waals surface area contributed by atoms with Crippen molar-refractivity contribution in [2.24, 2.45) is 5.90 Å². The quantitative estimate of drug-likeness (QED) is 0.761.